The largest absolute Gasteiger partial charge is 0.495 e. The molecule has 0 atom stereocenters. The van der Waals surface area contributed by atoms with E-state index >= 15 is 0 Å². The van der Waals surface area contributed by atoms with E-state index in [1.54, 1.807) is 0 Å². The Morgan fingerprint density at radius 3 is 2.59 bits per heavy atom. The van der Waals surface area contributed by atoms with Crippen molar-refractivity contribution >= 4 is 63.8 Å². The van der Waals surface area contributed by atoms with Crippen molar-refractivity contribution in [3.8, 4) is 5.75 Å². The number of hydrogen-bond acceptors (Lipinski definition) is 5. The number of benzene rings is 2. The fraction of sp³-hybridized carbons (Fsp3) is 0.150. The zero-order valence-corrected chi connectivity index (χ0v) is 18.5. The van der Waals surface area contributed by atoms with Crippen molar-refractivity contribution in [3.05, 3.63) is 62.5 Å². The molecular weight excluding hydrogens is 492 g/mol. The number of halogens is 5. The molecule has 0 radical (unpaired) electrons. The van der Waals surface area contributed by atoms with Crippen LogP contribution in [0.15, 0.2) is 41.3 Å². The minimum atomic E-state index is -4.58. The van der Waals surface area contributed by atoms with Gasteiger partial charge >= 0.3 is 6.18 Å². The van der Waals surface area contributed by atoms with Gasteiger partial charge in [-0.25, -0.2) is 0 Å². The molecule has 3 amide bonds. The van der Waals surface area contributed by atoms with Gasteiger partial charge in [-0.15, -0.1) is 0 Å². The van der Waals surface area contributed by atoms with Gasteiger partial charge in [0.15, 0.2) is 0 Å². The molecule has 1 heterocycles. The lowest BCUT2D eigenvalue weighted by molar-refractivity contribution is -0.137. The maximum absolute atomic E-state index is 12.8. The fourth-order valence-electron chi connectivity index (χ4n) is 2.80. The zero-order valence-electron chi connectivity index (χ0n) is 16.1. The molecular formula is C20H13Cl2F3N2O4S. The zero-order chi connectivity index (χ0) is 23.6. The van der Waals surface area contributed by atoms with Crippen LogP contribution in [0.5, 0.6) is 5.75 Å². The normalized spacial score (nSPS) is 15.4. The molecule has 1 aliphatic rings. The van der Waals surface area contributed by atoms with Crippen LogP contribution < -0.4 is 10.1 Å². The summed E-state index contributed by atoms with van der Waals surface area (Å²) in [7, 11) is 1.37. The number of carbonyl (C=O) groups is 3. The Bertz CT molecular complexity index is 1140. The van der Waals surface area contributed by atoms with Crippen molar-refractivity contribution < 1.29 is 32.3 Å². The molecule has 1 saturated heterocycles. The Kier molecular flexibility index (Phi) is 7.06. The highest BCUT2D eigenvalue weighted by atomic mass is 35.5. The average Bonchev–Trinajstić information content (AvgIpc) is 2.94. The van der Waals surface area contributed by atoms with Gasteiger partial charge in [0, 0.05) is 16.3 Å². The molecule has 2 aromatic carbocycles. The van der Waals surface area contributed by atoms with Crippen LogP contribution in [0.25, 0.3) is 6.08 Å². The minimum absolute atomic E-state index is 0.00139. The maximum Gasteiger partial charge on any atom is 0.416 e. The molecule has 3 rings (SSSR count). The monoisotopic (exact) mass is 504 g/mol. The lowest BCUT2D eigenvalue weighted by Gasteiger charge is -2.13. The number of methoxy groups -OCH3 is 1. The number of imide groups is 1. The number of amides is 3. The van der Waals surface area contributed by atoms with E-state index in [2.05, 4.69) is 5.32 Å². The number of rotatable bonds is 5. The summed E-state index contributed by atoms with van der Waals surface area (Å²) in [5.74, 6) is -1.35. The second kappa shape index (κ2) is 9.43. The molecule has 168 valence electrons. The summed E-state index contributed by atoms with van der Waals surface area (Å²) in [6, 6.07) is 6.93. The van der Waals surface area contributed by atoms with Crippen LogP contribution >= 0.6 is 35.0 Å². The van der Waals surface area contributed by atoms with E-state index in [4.69, 9.17) is 27.9 Å². The van der Waals surface area contributed by atoms with Gasteiger partial charge in [0.1, 0.15) is 12.3 Å². The quantitative estimate of drug-likeness (QED) is 0.528. The van der Waals surface area contributed by atoms with Gasteiger partial charge in [0.2, 0.25) is 5.91 Å². The first-order valence-corrected chi connectivity index (χ1v) is 10.3. The highest BCUT2D eigenvalue weighted by Gasteiger charge is 2.37. The maximum atomic E-state index is 12.8. The molecule has 1 fully saturated rings. The molecule has 32 heavy (non-hydrogen) atoms. The van der Waals surface area contributed by atoms with Crippen molar-refractivity contribution in [1.29, 1.82) is 0 Å². The molecule has 12 heteroatoms. The lowest BCUT2D eigenvalue weighted by Crippen LogP contribution is -2.36. The highest BCUT2D eigenvalue weighted by Crippen LogP contribution is 2.38. The van der Waals surface area contributed by atoms with Crippen LogP contribution in [-0.4, -0.2) is 35.6 Å². The van der Waals surface area contributed by atoms with Crippen molar-refractivity contribution in [2.24, 2.45) is 0 Å². The van der Waals surface area contributed by atoms with Crippen molar-refractivity contribution in [2.75, 3.05) is 19.0 Å². The van der Waals surface area contributed by atoms with Crippen molar-refractivity contribution in [3.63, 3.8) is 0 Å². The van der Waals surface area contributed by atoms with Crippen molar-refractivity contribution in [2.45, 2.75) is 6.18 Å². The van der Waals surface area contributed by atoms with E-state index in [9.17, 15) is 27.6 Å². The molecule has 0 spiro atoms. The van der Waals surface area contributed by atoms with Crippen LogP contribution in [0.3, 0.4) is 0 Å². The predicted octanol–water partition coefficient (Wildman–Crippen LogP) is 5.70. The molecule has 1 N–H and O–H groups in total. The number of nitrogens with one attached hydrogen (secondary N) is 1. The number of hydrogen-bond donors (Lipinski definition) is 1. The number of nitrogens with zero attached hydrogens (tertiary/aromatic N) is 1. The molecule has 1 aliphatic heterocycles. The summed E-state index contributed by atoms with van der Waals surface area (Å²) in [5, 5.41) is 2.02. The first kappa shape index (κ1) is 24.0. The first-order chi connectivity index (χ1) is 15.0. The van der Waals surface area contributed by atoms with E-state index in [0.717, 1.165) is 18.2 Å². The van der Waals surface area contributed by atoms with Crippen LogP contribution in [-0.2, 0) is 15.8 Å². The lowest BCUT2D eigenvalue weighted by atomic mass is 10.1. The van der Waals surface area contributed by atoms with Gasteiger partial charge in [-0.2, -0.15) is 13.2 Å². The van der Waals surface area contributed by atoms with Gasteiger partial charge in [-0.3, -0.25) is 19.3 Å². The first-order valence-electron chi connectivity index (χ1n) is 8.75. The minimum Gasteiger partial charge on any atom is -0.495 e. The summed E-state index contributed by atoms with van der Waals surface area (Å²) < 4.78 is 43.6. The Labute approximate surface area is 194 Å². The van der Waals surface area contributed by atoms with Crippen LogP contribution in [0.4, 0.5) is 23.7 Å². The Balaban J connectivity index is 1.76. The van der Waals surface area contributed by atoms with E-state index in [-0.39, 0.29) is 26.4 Å². The number of ether oxygens (including phenoxy) is 1. The van der Waals surface area contributed by atoms with Gasteiger partial charge in [0.05, 0.1) is 22.6 Å². The molecule has 0 unspecified atom stereocenters. The third-order valence-corrected chi connectivity index (χ3v) is 5.58. The summed E-state index contributed by atoms with van der Waals surface area (Å²) >= 11 is 12.6. The van der Waals surface area contributed by atoms with E-state index in [1.165, 1.54) is 31.4 Å². The summed E-state index contributed by atoms with van der Waals surface area (Å²) in [6.07, 6.45) is -3.23. The predicted molar refractivity (Wildman–Crippen MR) is 116 cm³/mol. The molecule has 6 nitrogen and oxygen atoms in total. The van der Waals surface area contributed by atoms with Crippen LogP contribution in [0, 0.1) is 0 Å². The number of thioether (sulfide) groups is 1. The summed E-state index contributed by atoms with van der Waals surface area (Å²) in [5.41, 5.74) is -0.715. The third-order valence-electron chi connectivity index (χ3n) is 4.18. The van der Waals surface area contributed by atoms with Crippen LogP contribution in [0.1, 0.15) is 11.1 Å². The molecule has 2 aromatic rings. The fourth-order valence-corrected chi connectivity index (χ4v) is 4.21. The van der Waals surface area contributed by atoms with Gasteiger partial charge in [0.25, 0.3) is 11.1 Å². The topological polar surface area (TPSA) is 75.7 Å². The SMILES string of the molecule is COc1c(Cl)cc(Cl)cc1/C=C1\SC(=O)N(CC(=O)Nc2cccc(C(F)(F)F)c2)C1=O. The number of anilines is 1. The van der Waals surface area contributed by atoms with E-state index in [0.29, 0.717) is 22.2 Å². The molecule has 0 aliphatic carbocycles. The standard InChI is InChI=1S/C20H13Cl2F3N2O4S/c1-31-17-10(5-12(21)8-14(17)22)6-15-18(29)27(19(30)32-15)9-16(28)26-13-4-2-3-11(7-13)20(23,24)25/h2-8H,9H2,1H3,(H,26,28)/b15-6-. The average molecular weight is 505 g/mol. The summed E-state index contributed by atoms with van der Waals surface area (Å²) in [4.78, 5) is 37.8. The molecule has 0 bridgehead atoms. The van der Waals surface area contributed by atoms with E-state index < -0.39 is 35.3 Å². The van der Waals surface area contributed by atoms with Crippen LogP contribution in [0.2, 0.25) is 10.0 Å². The van der Waals surface area contributed by atoms with E-state index in [1.807, 2.05) is 0 Å². The van der Waals surface area contributed by atoms with Gasteiger partial charge < -0.3 is 10.1 Å². The van der Waals surface area contributed by atoms with Gasteiger partial charge in [-0.05, 0) is 48.2 Å². The smallest absolute Gasteiger partial charge is 0.416 e. The second-order valence-electron chi connectivity index (χ2n) is 6.40. The highest BCUT2D eigenvalue weighted by molar-refractivity contribution is 8.18. The third kappa shape index (κ3) is 5.37. The van der Waals surface area contributed by atoms with Crippen molar-refractivity contribution in [1.82, 2.24) is 4.90 Å². The Hall–Kier alpha value is -2.69. The molecule has 0 aromatic heterocycles. The molecule has 0 saturated carbocycles. The number of carbonyl (C=O) groups excluding carboxylic acids is 3. The van der Waals surface area contributed by atoms with Gasteiger partial charge in [-0.1, -0.05) is 29.3 Å². The number of alkyl halides is 3. The summed E-state index contributed by atoms with van der Waals surface area (Å²) in [6.45, 7) is -0.675. The Morgan fingerprint density at radius 1 is 1.22 bits per heavy atom. The Morgan fingerprint density at radius 2 is 1.94 bits per heavy atom. The second-order valence-corrected chi connectivity index (χ2v) is 8.24.